The number of ketones is 1. The van der Waals surface area contributed by atoms with Gasteiger partial charge in [0.25, 0.3) is 0 Å². The number of sulfonamides is 1. The molecule has 0 bridgehead atoms. The van der Waals surface area contributed by atoms with Gasteiger partial charge >= 0.3 is 6.18 Å². The van der Waals surface area contributed by atoms with Gasteiger partial charge in [0.05, 0.1) is 28.1 Å². The molecule has 0 atom stereocenters. The van der Waals surface area contributed by atoms with Crippen LogP contribution in [-0.2, 0) is 16.2 Å². The number of aromatic nitrogens is 2. The van der Waals surface area contributed by atoms with Crippen molar-refractivity contribution in [2.75, 3.05) is 10.5 Å². The van der Waals surface area contributed by atoms with Crippen LogP contribution in [0, 0.1) is 11.6 Å². The molecule has 0 aliphatic rings. The van der Waals surface area contributed by atoms with Gasteiger partial charge in [0, 0.05) is 17.8 Å². The van der Waals surface area contributed by atoms with Crippen molar-refractivity contribution in [1.82, 2.24) is 9.97 Å². The van der Waals surface area contributed by atoms with Gasteiger partial charge in [-0.1, -0.05) is 6.92 Å². The summed E-state index contributed by atoms with van der Waals surface area (Å²) in [4.78, 5) is 18.9. The van der Waals surface area contributed by atoms with E-state index in [0.29, 0.717) is 12.1 Å². The number of H-pyrrole nitrogens is 1. The number of carbonyl (C=O) groups is 1. The molecule has 160 valence electrons. The first-order valence-electron chi connectivity index (χ1n) is 8.52. The van der Waals surface area contributed by atoms with Crippen LogP contribution in [0.15, 0.2) is 30.6 Å². The summed E-state index contributed by atoms with van der Waals surface area (Å²) in [6.07, 6.45) is -2.90. The van der Waals surface area contributed by atoms with Gasteiger partial charge in [-0.05, 0) is 24.6 Å². The quantitative estimate of drug-likeness (QED) is 0.437. The zero-order valence-corrected chi connectivity index (χ0v) is 16.1. The summed E-state index contributed by atoms with van der Waals surface area (Å²) in [5.41, 5.74) is -4.05. The summed E-state index contributed by atoms with van der Waals surface area (Å²) < 4.78 is 94.9. The van der Waals surface area contributed by atoms with Crippen molar-refractivity contribution in [3.05, 3.63) is 58.9 Å². The third-order valence-electron chi connectivity index (χ3n) is 4.18. The summed E-state index contributed by atoms with van der Waals surface area (Å²) in [5.74, 6) is -4.64. The van der Waals surface area contributed by atoms with Crippen LogP contribution in [0.1, 0.15) is 34.8 Å². The highest BCUT2D eigenvalue weighted by Crippen LogP contribution is 2.36. The molecule has 3 aromatic rings. The number of nitrogens with zero attached hydrogens (tertiary/aromatic N) is 1. The number of pyridine rings is 1. The molecule has 2 heterocycles. The van der Waals surface area contributed by atoms with E-state index in [1.807, 2.05) is 4.72 Å². The summed E-state index contributed by atoms with van der Waals surface area (Å²) in [7, 11) is -3.97. The molecule has 2 aromatic heterocycles. The maximum atomic E-state index is 14.8. The molecule has 0 fully saturated rings. The zero-order chi connectivity index (χ0) is 22.3. The van der Waals surface area contributed by atoms with Gasteiger partial charge in [-0.2, -0.15) is 13.2 Å². The molecule has 0 aliphatic carbocycles. The highest BCUT2D eigenvalue weighted by molar-refractivity contribution is 7.92. The fourth-order valence-electron chi connectivity index (χ4n) is 2.93. The SMILES string of the molecule is CCCS(=O)(=O)Nc1ccc(F)c(C(=O)c2c[nH]c3nccc(C(F)(F)F)c23)c1F. The Kier molecular flexibility index (Phi) is 5.54. The van der Waals surface area contributed by atoms with Crippen molar-refractivity contribution in [3.8, 4) is 0 Å². The fraction of sp³-hybridized carbons (Fsp3) is 0.222. The van der Waals surface area contributed by atoms with Crippen molar-refractivity contribution in [2.24, 2.45) is 0 Å². The van der Waals surface area contributed by atoms with E-state index in [4.69, 9.17) is 0 Å². The van der Waals surface area contributed by atoms with E-state index in [1.165, 1.54) is 0 Å². The summed E-state index contributed by atoms with van der Waals surface area (Å²) in [6, 6.07) is 2.07. The third kappa shape index (κ3) is 3.99. The predicted molar refractivity (Wildman–Crippen MR) is 98.6 cm³/mol. The highest BCUT2D eigenvalue weighted by Gasteiger charge is 2.36. The zero-order valence-electron chi connectivity index (χ0n) is 15.3. The molecule has 0 amide bonds. The molecule has 3 rings (SSSR count). The van der Waals surface area contributed by atoms with E-state index in [9.17, 15) is 35.2 Å². The highest BCUT2D eigenvalue weighted by atomic mass is 32.2. The van der Waals surface area contributed by atoms with Crippen LogP contribution in [0.3, 0.4) is 0 Å². The van der Waals surface area contributed by atoms with E-state index in [0.717, 1.165) is 18.5 Å². The largest absolute Gasteiger partial charge is 0.417 e. The number of fused-ring (bicyclic) bond motifs is 1. The lowest BCUT2D eigenvalue weighted by Crippen LogP contribution is -2.18. The first-order valence-corrected chi connectivity index (χ1v) is 10.2. The number of hydrogen-bond acceptors (Lipinski definition) is 4. The minimum absolute atomic E-state index is 0.215. The maximum absolute atomic E-state index is 14.8. The van der Waals surface area contributed by atoms with Gasteiger partial charge in [0.1, 0.15) is 11.5 Å². The van der Waals surface area contributed by atoms with Gasteiger partial charge in [-0.3, -0.25) is 9.52 Å². The van der Waals surface area contributed by atoms with Crippen LogP contribution in [0.25, 0.3) is 11.0 Å². The topological polar surface area (TPSA) is 91.9 Å². The normalized spacial score (nSPS) is 12.3. The van der Waals surface area contributed by atoms with Gasteiger partial charge in [-0.15, -0.1) is 0 Å². The van der Waals surface area contributed by atoms with Crippen LogP contribution in [0.2, 0.25) is 0 Å². The number of rotatable bonds is 6. The number of hydrogen-bond donors (Lipinski definition) is 2. The average Bonchev–Trinajstić information content (AvgIpc) is 3.07. The molecule has 0 spiro atoms. The number of anilines is 1. The van der Waals surface area contributed by atoms with E-state index >= 15 is 0 Å². The van der Waals surface area contributed by atoms with Crippen molar-refractivity contribution < 1.29 is 35.2 Å². The maximum Gasteiger partial charge on any atom is 0.417 e. The Morgan fingerprint density at radius 3 is 2.53 bits per heavy atom. The molecule has 2 N–H and O–H groups in total. The second kappa shape index (κ2) is 7.67. The number of carbonyl (C=O) groups excluding carboxylic acids is 1. The van der Waals surface area contributed by atoms with Crippen LogP contribution in [0.4, 0.5) is 27.6 Å². The lowest BCUT2D eigenvalue weighted by atomic mass is 9.99. The number of nitrogens with one attached hydrogen (secondary N) is 2. The Morgan fingerprint density at radius 1 is 1.20 bits per heavy atom. The van der Waals surface area contributed by atoms with Crippen molar-refractivity contribution in [3.63, 3.8) is 0 Å². The molecule has 6 nitrogen and oxygen atoms in total. The van der Waals surface area contributed by atoms with E-state index in [2.05, 4.69) is 9.97 Å². The van der Waals surface area contributed by atoms with Gasteiger partial charge in [0.2, 0.25) is 15.8 Å². The Bertz CT molecular complexity index is 1240. The molecule has 30 heavy (non-hydrogen) atoms. The molecule has 0 aliphatic heterocycles. The van der Waals surface area contributed by atoms with Crippen LogP contribution in [-0.4, -0.2) is 29.9 Å². The standard InChI is InChI=1S/C18H14F5N3O3S/c1-2-7-30(28,29)26-12-4-3-11(19)14(15(12)20)16(27)9-8-25-17-13(9)10(5-6-24-17)18(21,22)23/h3-6,8,26H,2,7H2,1H3,(H,24,25). The molecular weight excluding hydrogens is 433 g/mol. The number of aromatic amines is 1. The first-order chi connectivity index (χ1) is 14.0. The predicted octanol–water partition coefficient (Wildman–Crippen LogP) is 4.24. The minimum atomic E-state index is -4.85. The molecule has 0 saturated heterocycles. The average molecular weight is 447 g/mol. The molecule has 0 unspecified atom stereocenters. The lowest BCUT2D eigenvalue weighted by molar-refractivity contribution is -0.136. The minimum Gasteiger partial charge on any atom is -0.345 e. The van der Waals surface area contributed by atoms with Crippen molar-refractivity contribution in [1.29, 1.82) is 0 Å². The monoisotopic (exact) mass is 447 g/mol. The molecule has 12 heteroatoms. The number of halogens is 5. The second-order valence-electron chi connectivity index (χ2n) is 6.32. The van der Waals surface area contributed by atoms with E-state index in [1.54, 1.807) is 6.92 Å². The van der Waals surface area contributed by atoms with Gasteiger partial charge < -0.3 is 4.98 Å². The summed E-state index contributed by atoms with van der Waals surface area (Å²) in [6.45, 7) is 1.57. The Morgan fingerprint density at radius 2 is 1.90 bits per heavy atom. The third-order valence-corrected chi connectivity index (χ3v) is 5.66. The number of benzene rings is 1. The fourth-order valence-corrected chi connectivity index (χ4v) is 4.07. The van der Waals surface area contributed by atoms with Crippen LogP contribution in [0.5, 0.6) is 0 Å². The van der Waals surface area contributed by atoms with Crippen molar-refractivity contribution >= 4 is 32.5 Å². The van der Waals surface area contributed by atoms with Gasteiger partial charge in [-0.25, -0.2) is 22.2 Å². The van der Waals surface area contributed by atoms with E-state index in [-0.39, 0.29) is 17.8 Å². The van der Waals surface area contributed by atoms with Crippen molar-refractivity contribution in [2.45, 2.75) is 19.5 Å². The molecule has 1 aromatic carbocycles. The molecular formula is C18H14F5N3O3S. The lowest BCUT2D eigenvalue weighted by Gasteiger charge is -2.12. The smallest absolute Gasteiger partial charge is 0.345 e. The summed E-state index contributed by atoms with van der Waals surface area (Å²) in [5, 5.41) is -0.647. The Labute approximate surface area is 167 Å². The summed E-state index contributed by atoms with van der Waals surface area (Å²) >= 11 is 0. The molecule has 0 radical (unpaired) electrons. The number of alkyl halides is 3. The van der Waals surface area contributed by atoms with Crippen LogP contribution < -0.4 is 4.72 Å². The van der Waals surface area contributed by atoms with Gasteiger partial charge in [0.15, 0.2) is 5.82 Å². The first kappa shape index (κ1) is 21.7. The molecule has 0 saturated carbocycles. The van der Waals surface area contributed by atoms with E-state index < -0.39 is 61.4 Å². The van der Waals surface area contributed by atoms with Crippen LogP contribution >= 0.6 is 0 Å². The Hall–Kier alpha value is -3.02. The Balaban J connectivity index is 2.16. The second-order valence-corrected chi connectivity index (χ2v) is 8.16.